The number of nitrogens with zero attached hydrogens (tertiary/aromatic N) is 1. The number of piperidine rings is 1. The molecule has 1 saturated heterocycles. The molecular weight excluding hydrogens is 343 g/mol. The van der Waals surface area contributed by atoms with Gasteiger partial charge in [0.1, 0.15) is 0 Å². The average Bonchev–Trinajstić information content (AvgIpc) is 2.57. The van der Waals surface area contributed by atoms with Gasteiger partial charge in [-0.3, -0.25) is 9.69 Å². The van der Waals surface area contributed by atoms with Gasteiger partial charge < -0.3 is 5.32 Å². The van der Waals surface area contributed by atoms with Crippen LogP contribution in [-0.4, -0.2) is 29.9 Å². The summed E-state index contributed by atoms with van der Waals surface area (Å²) in [5.41, 5.74) is 1.18. The molecule has 134 valence electrons. The Balaban J connectivity index is 1.67. The lowest BCUT2D eigenvalue weighted by atomic mass is 10.0. The molecule has 1 N–H and O–H groups in total. The van der Waals surface area contributed by atoms with Gasteiger partial charge in [-0.1, -0.05) is 55.5 Å². The van der Waals surface area contributed by atoms with Crippen molar-refractivity contribution in [2.75, 3.05) is 13.1 Å². The Labute approximate surface area is 155 Å². The normalized spacial score (nSPS) is 16.3. The molecule has 0 bridgehead atoms. The molecule has 1 aliphatic heterocycles. The fraction of sp³-hybridized carbons (Fsp3) is 0.632. The Hall–Kier alpha value is -0.770. The molecule has 0 aromatic heterocycles. The largest absolute Gasteiger partial charge is 0.353 e. The highest BCUT2D eigenvalue weighted by molar-refractivity contribution is 6.42. The minimum Gasteiger partial charge on any atom is -0.353 e. The Morgan fingerprint density at radius 1 is 1.17 bits per heavy atom. The number of nitrogens with one attached hydrogen (secondary N) is 1. The molecule has 24 heavy (non-hydrogen) atoms. The first kappa shape index (κ1) is 19.6. The molecule has 0 atom stereocenters. The van der Waals surface area contributed by atoms with Gasteiger partial charge in [-0.15, -0.1) is 0 Å². The number of hydrogen-bond donors (Lipinski definition) is 1. The first-order valence-corrected chi connectivity index (χ1v) is 9.79. The first-order chi connectivity index (χ1) is 11.6. The van der Waals surface area contributed by atoms with Crippen molar-refractivity contribution in [2.24, 2.45) is 0 Å². The van der Waals surface area contributed by atoms with Crippen LogP contribution >= 0.6 is 23.2 Å². The van der Waals surface area contributed by atoms with Crippen molar-refractivity contribution in [3.05, 3.63) is 33.8 Å². The zero-order chi connectivity index (χ0) is 17.4. The average molecular weight is 371 g/mol. The zero-order valence-corrected chi connectivity index (χ0v) is 16.0. The molecule has 1 aromatic rings. The smallest absolute Gasteiger partial charge is 0.220 e. The van der Waals surface area contributed by atoms with Gasteiger partial charge in [-0.05, 0) is 37.0 Å². The third-order valence-electron chi connectivity index (χ3n) is 4.60. The zero-order valence-electron chi connectivity index (χ0n) is 14.5. The van der Waals surface area contributed by atoms with Crippen LogP contribution in [0.25, 0.3) is 0 Å². The second-order valence-electron chi connectivity index (χ2n) is 6.68. The summed E-state index contributed by atoms with van der Waals surface area (Å²) in [6, 6.07) is 6.14. The number of carbonyl (C=O) groups excluding carboxylic acids is 1. The Kier molecular flexibility index (Phi) is 8.37. The van der Waals surface area contributed by atoms with Crippen LogP contribution in [0.15, 0.2) is 18.2 Å². The molecule has 0 aliphatic carbocycles. The number of likely N-dealkylation sites (tertiary alicyclic amines) is 1. The molecule has 5 heteroatoms. The molecular formula is C19H28Cl2N2O. The van der Waals surface area contributed by atoms with E-state index < -0.39 is 0 Å². The van der Waals surface area contributed by atoms with Crippen molar-refractivity contribution in [3.8, 4) is 0 Å². The number of rotatable bonds is 8. The van der Waals surface area contributed by atoms with Crippen LogP contribution in [0.4, 0.5) is 0 Å². The van der Waals surface area contributed by atoms with Crippen molar-refractivity contribution in [3.63, 3.8) is 0 Å². The van der Waals surface area contributed by atoms with Crippen molar-refractivity contribution in [2.45, 2.75) is 64.5 Å². The van der Waals surface area contributed by atoms with Crippen LogP contribution in [0, 0.1) is 0 Å². The summed E-state index contributed by atoms with van der Waals surface area (Å²) in [5.74, 6) is 0.217. The van der Waals surface area contributed by atoms with Crippen LogP contribution in [0.1, 0.15) is 57.4 Å². The number of unbranched alkanes of at least 4 members (excludes halogenated alkanes) is 3. The lowest BCUT2D eigenvalue weighted by molar-refractivity contribution is -0.122. The minimum atomic E-state index is 0.217. The molecule has 1 aromatic carbocycles. The van der Waals surface area contributed by atoms with Gasteiger partial charge in [0, 0.05) is 32.1 Å². The predicted molar refractivity (Wildman–Crippen MR) is 102 cm³/mol. The van der Waals surface area contributed by atoms with Crippen LogP contribution in [0.5, 0.6) is 0 Å². The van der Waals surface area contributed by atoms with Crippen molar-refractivity contribution >= 4 is 29.1 Å². The van der Waals surface area contributed by atoms with Gasteiger partial charge in [-0.2, -0.15) is 0 Å². The van der Waals surface area contributed by atoms with Gasteiger partial charge in [-0.25, -0.2) is 0 Å². The highest BCUT2D eigenvalue weighted by atomic mass is 35.5. The van der Waals surface area contributed by atoms with E-state index in [1.807, 2.05) is 18.2 Å². The van der Waals surface area contributed by atoms with E-state index in [1.165, 1.54) is 18.4 Å². The predicted octanol–water partition coefficient (Wildman–Crippen LogP) is 5.04. The standard InChI is InChI=1S/C19H28Cl2N2O/c1-2-3-4-5-6-19(24)22-16-9-11-23(12-10-16)14-15-7-8-17(20)18(21)13-15/h7-8,13,16H,2-6,9-12,14H2,1H3,(H,22,24). The second-order valence-corrected chi connectivity index (χ2v) is 7.49. The number of halogens is 2. The lowest BCUT2D eigenvalue weighted by Gasteiger charge is -2.32. The monoisotopic (exact) mass is 370 g/mol. The maximum atomic E-state index is 12.0. The first-order valence-electron chi connectivity index (χ1n) is 9.04. The summed E-state index contributed by atoms with van der Waals surface area (Å²) in [6.45, 7) is 5.07. The van der Waals surface area contributed by atoms with E-state index in [9.17, 15) is 4.79 Å². The molecule has 1 fully saturated rings. The fourth-order valence-corrected chi connectivity index (χ4v) is 3.46. The lowest BCUT2D eigenvalue weighted by Crippen LogP contribution is -2.44. The van der Waals surface area contributed by atoms with Crippen molar-refractivity contribution < 1.29 is 4.79 Å². The van der Waals surface area contributed by atoms with E-state index in [-0.39, 0.29) is 5.91 Å². The quantitative estimate of drug-likeness (QED) is 0.649. The van der Waals surface area contributed by atoms with Gasteiger partial charge in [0.05, 0.1) is 10.0 Å². The third kappa shape index (κ3) is 6.62. The van der Waals surface area contributed by atoms with E-state index in [0.717, 1.165) is 45.3 Å². The molecule has 2 rings (SSSR count). The molecule has 0 unspecified atom stereocenters. The summed E-state index contributed by atoms with van der Waals surface area (Å²) in [6.07, 6.45) is 7.30. The summed E-state index contributed by atoms with van der Waals surface area (Å²) in [4.78, 5) is 14.4. The number of carbonyl (C=O) groups is 1. The van der Waals surface area contributed by atoms with Crippen LogP contribution in [0.2, 0.25) is 10.0 Å². The highest BCUT2D eigenvalue weighted by Gasteiger charge is 2.20. The van der Waals surface area contributed by atoms with E-state index in [4.69, 9.17) is 23.2 Å². The Bertz CT molecular complexity index is 528. The van der Waals surface area contributed by atoms with E-state index in [1.54, 1.807) is 0 Å². The van der Waals surface area contributed by atoms with Crippen LogP contribution < -0.4 is 5.32 Å². The molecule has 0 radical (unpaired) electrons. The molecule has 0 saturated carbocycles. The second kappa shape index (κ2) is 10.3. The molecule has 3 nitrogen and oxygen atoms in total. The van der Waals surface area contributed by atoms with Crippen molar-refractivity contribution in [1.29, 1.82) is 0 Å². The maximum Gasteiger partial charge on any atom is 0.220 e. The number of benzene rings is 1. The SMILES string of the molecule is CCCCCCC(=O)NC1CCN(Cc2ccc(Cl)c(Cl)c2)CC1. The Morgan fingerprint density at radius 3 is 2.58 bits per heavy atom. The summed E-state index contributed by atoms with van der Waals surface area (Å²) >= 11 is 12.0. The van der Waals surface area contributed by atoms with Gasteiger partial charge in [0.25, 0.3) is 0 Å². The van der Waals surface area contributed by atoms with E-state index >= 15 is 0 Å². The third-order valence-corrected chi connectivity index (χ3v) is 5.34. The topological polar surface area (TPSA) is 32.3 Å². The minimum absolute atomic E-state index is 0.217. The fourth-order valence-electron chi connectivity index (χ4n) is 3.14. The molecule has 1 amide bonds. The molecule has 1 aliphatic rings. The van der Waals surface area contributed by atoms with Crippen LogP contribution in [0.3, 0.4) is 0 Å². The van der Waals surface area contributed by atoms with Gasteiger partial charge in [0.15, 0.2) is 0 Å². The Morgan fingerprint density at radius 2 is 1.92 bits per heavy atom. The van der Waals surface area contributed by atoms with Crippen LogP contribution in [-0.2, 0) is 11.3 Å². The van der Waals surface area contributed by atoms with Gasteiger partial charge >= 0.3 is 0 Å². The van der Waals surface area contributed by atoms with E-state index in [0.29, 0.717) is 22.5 Å². The van der Waals surface area contributed by atoms with Gasteiger partial charge in [0.2, 0.25) is 5.91 Å². The van der Waals surface area contributed by atoms with Crippen molar-refractivity contribution in [1.82, 2.24) is 10.2 Å². The maximum absolute atomic E-state index is 12.0. The molecule has 0 spiro atoms. The number of amides is 1. The summed E-state index contributed by atoms with van der Waals surface area (Å²) in [5, 5.41) is 4.40. The van der Waals surface area contributed by atoms with E-state index in [2.05, 4.69) is 17.1 Å². The summed E-state index contributed by atoms with van der Waals surface area (Å²) in [7, 11) is 0. The highest BCUT2D eigenvalue weighted by Crippen LogP contribution is 2.24. The number of hydrogen-bond acceptors (Lipinski definition) is 2. The molecule has 1 heterocycles. The summed E-state index contributed by atoms with van der Waals surface area (Å²) < 4.78 is 0.